The summed E-state index contributed by atoms with van der Waals surface area (Å²) in [5, 5.41) is 0. The molecule has 0 aromatic rings. The Morgan fingerprint density at radius 2 is 1.25 bits per heavy atom. The quantitative estimate of drug-likeness (QED) is 0.228. The Bertz CT molecular complexity index is 473. The van der Waals surface area contributed by atoms with Crippen molar-refractivity contribution in [1.82, 2.24) is 0 Å². The fraction of sp³-hybridized carbons (Fsp3) is 0.625. The molecule has 0 spiro atoms. The lowest BCUT2D eigenvalue weighted by atomic mass is 10.3. The van der Waals surface area contributed by atoms with Crippen LogP contribution in [0.15, 0.2) is 24.3 Å². The first-order valence-corrected chi connectivity index (χ1v) is 9.33. The Morgan fingerprint density at radius 3 is 1.54 bits per heavy atom. The summed E-state index contributed by atoms with van der Waals surface area (Å²) in [5.74, 6) is -0.999. The van der Waals surface area contributed by atoms with Crippen molar-refractivity contribution in [2.24, 2.45) is 5.92 Å². The molecule has 0 atom stereocenters. The molecular weight excluding hydrogens is 335 g/mol. The summed E-state index contributed by atoms with van der Waals surface area (Å²) in [7, 11) is -3.37. The summed E-state index contributed by atoms with van der Waals surface area (Å²) in [5.41, 5.74) is 0.548. The van der Waals surface area contributed by atoms with Gasteiger partial charge in [-0.25, -0.2) is 9.59 Å². The largest absolute Gasteiger partial charge is 0.460 e. The normalized spacial score (nSPS) is 11.2. The van der Waals surface area contributed by atoms with E-state index in [4.69, 9.17) is 18.5 Å². The van der Waals surface area contributed by atoms with Crippen molar-refractivity contribution in [2.75, 3.05) is 32.6 Å². The predicted octanol–water partition coefficient (Wildman–Crippen LogP) is 3.11. The minimum atomic E-state index is -3.37. The third kappa shape index (κ3) is 10.4. The lowest BCUT2D eigenvalue weighted by Gasteiger charge is -2.20. The van der Waals surface area contributed by atoms with E-state index in [0.29, 0.717) is 0 Å². The van der Waals surface area contributed by atoms with Crippen LogP contribution in [-0.4, -0.2) is 44.5 Å². The van der Waals surface area contributed by atoms with E-state index >= 15 is 0 Å². The summed E-state index contributed by atoms with van der Waals surface area (Å²) >= 11 is 0. The van der Waals surface area contributed by atoms with E-state index in [1.165, 1.54) is 13.8 Å². The minimum absolute atomic E-state index is 0.0538. The second kappa shape index (κ2) is 11.2. The van der Waals surface area contributed by atoms with Gasteiger partial charge in [0, 0.05) is 11.1 Å². The van der Waals surface area contributed by atoms with Crippen molar-refractivity contribution in [2.45, 2.75) is 27.7 Å². The molecular formula is C16H27O7P. The van der Waals surface area contributed by atoms with Crippen LogP contribution in [0.1, 0.15) is 27.7 Å². The van der Waals surface area contributed by atoms with Gasteiger partial charge in [0.05, 0.1) is 19.4 Å². The molecule has 8 heteroatoms. The summed E-state index contributed by atoms with van der Waals surface area (Å²) in [6.45, 7) is 13.5. The topological polar surface area (TPSA) is 88.1 Å². The molecule has 0 heterocycles. The number of esters is 2. The summed E-state index contributed by atoms with van der Waals surface area (Å²) in [6, 6.07) is 0. The SMILES string of the molecule is C=C(C)C(=O)OCCOP(=O)(CC(C)C)OCCOC(=O)C(=C)C. The van der Waals surface area contributed by atoms with E-state index < -0.39 is 19.5 Å². The third-order valence-corrected chi connectivity index (χ3v) is 4.82. The van der Waals surface area contributed by atoms with Gasteiger partial charge in [-0.05, 0) is 19.8 Å². The highest BCUT2D eigenvalue weighted by molar-refractivity contribution is 7.53. The van der Waals surface area contributed by atoms with Crippen molar-refractivity contribution < 1.29 is 32.7 Å². The number of rotatable bonds is 12. The molecule has 0 saturated heterocycles. The number of carbonyl (C=O) groups is 2. The Kier molecular flexibility index (Phi) is 10.5. The zero-order chi connectivity index (χ0) is 18.8. The molecule has 0 aromatic carbocycles. The molecule has 0 radical (unpaired) electrons. The van der Waals surface area contributed by atoms with Crippen LogP contribution in [-0.2, 0) is 32.7 Å². The Hall–Kier alpha value is -1.43. The van der Waals surface area contributed by atoms with Crippen molar-refractivity contribution in [1.29, 1.82) is 0 Å². The zero-order valence-corrected chi connectivity index (χ0v) is 15.7. The number of hydrogen-bond donors (Lipinski definition) is 0. The molecule has 0 N–H and O–H groups in total. The lowest BCUT2D eigenvalue weighted by molar-refractivity contribution is -0.140. The molecule has 0 fully saturated rings. The van der Waals surface area contributed by atoms with Gasteiger partial charge in [0.2, 0.25) is 0 Å². The van der Waals surface area contributed by atoms with Gasteiger partial charge in [-0.2, -0.15) is 0 Å². The standard InChI is InChI=1S/C16H27O7P/c1-12(2)11-24(19,22-9-7-20-15(17)13(3)4)23-10-8-21-16(18)14(5)6/h12H,3,5,7-11H2,1-2,4,6H3. The monoisotopic (exact) mass is 362 g/mol. The molecule has 138 valence electrons. The van der Waals surface area contributed by atoms with Crippen LogP contribution in [0.5, 0.6) is 0 Å². The van der Waals surface area contributed by atoms with E-state index in [9.17, 15) is 14.2 Å². The van der Waals surface area contributed by atoms with Crippen LogP contribution in [0, 0.1) is 5.92 Å². The molecule has 24 heavy (non-hydrogen) atoms. The minimum Gasteiger partial charge on any atom is -0.460 e. The molecule has 0 unspecified atom stereocenters. The highest BCUT2D eigenvalue weighted by atomic mass is 31.2. The van der Waals surface area contributed by atoms with Gasteiger partial charge >= 0.3 is 19.5 Å². The first kappa shape index (κ1) is 22.6. The molecule has 7 nitrogen and oxygen atoms in total. The molecule has 0 rings (SSSR count). The van der Waals surface area contributed by atoms with Gasteiger partial charge in [-0.15, -0.1) is 0 Å². The highest BCUT2D eigenvalue weighted by Gasteiger charge is 2.26. The first-order chi connectivity index (χ1) is 11.1. The molecule has 0 aromatic heterocycles. The van der Waals surface area contributed by atoms with Crippen molar-refractivity contribution in [3.8, 4) is 0 Å². The Morgan fingerprint density at radius 1 is 0.875 bits per heavy atom. The molecule has 0 aliphatic rings. The van der Waals surface area contributed by atoms with Crippen LogP contribution in [0.3, 0.4) is 0 Å². The maximum absolute atomic E-state index is 12.6. The van der Waals surface area contributed by atoms with Crippen molar-refractivity contribution >= 4 is 19.5 Å². The number of hydrogen-bond acceptors (Lipinski definition) is 7. The van der Waals surface area contributed by atoms with E-state index in [0.717, 1.165) is 0 Å². The van der Waals surface area contributed by atoms with Gasteiger partial charge in [0.25, 0.3) is 0 Å². The second-order valence-corrected chi connectivity index (χ2v) is 7.79. The van der Waals surface area contributed by atoms with Crippen LogP contribution in [0.4, 0.5) is 0 Å². The van der Waals surface area contributed by atoms with Gasteiger partial charge in [0.1, 0.15) is 13.2 Å². The summed E-state index contributed by atoms with van der Waals surface area (Å²) in [4.78, 5) is 22.5. The average Bonchev–Trinajstić information content (AvgIpc) is 2.46. The zero-order valence-electron chi connectivity index (χ0n) is 14.8. The van der Waals surface area contributed by atoms with Gasteiger partial charge in [-0.3, -0.25) is 4.57 Å². The van der Waals surface area contributed by atoms with E-state index in [-0.39, 0.29) is 49.7 Å². The van der Waals surface area contributed by atoms with E-state index in [2.05, 4.69) is 13.2 Å². The smallest absolute Gasteiger partial charge is 0.333 e. The maximum Gasteiger partial charge on any atom is 0.333 e. The number of ether oxygens (including phenoxy) is 2. The van der Waals surface area contributed by atoms with Crippen LogP contribution in [0.2, 0.25) is 0 Å². The van der Waals surface area contributed by atoms with Gasteiger partial charge < -0.3 is 18.5 Å². The fourth-order valence-electron chi connectivity index (χ4n) is 1.46. The van der Waals surface area contributed by atoms with E-state index in [1.807, 2.05) is 13.8 Å². The lowest BCUT2D eigenvalue weighted by Crippen LogP contribution is -2.15. The fourth-order valence-corrected chi connectivity index (χ4v) is 3.34. The number of carbonyl (C=O) groups excluding carboxylic acids is 2. The Labute approximate surface area is 143 Å². The first-order valence-electron chi connectivity index (χ1n) is 7.61. The summed E-state index contributed by atoms with van der Waals surface area (Å²) < 4.78 is 32.9. The van der Waals surface area contributed by atoms with Crippen LogP contribution in [0.25, 0.3) is 0 Å². The molecule has 0 amide bonds. The molecule has 0 aliphatic carbocycles. The molecule has 0 bridgehead atoms. The third-order valence-electron chi connectivity index (χ3n) is 2.49. The Balaban J connectivity index is 4.33. The average molecular weight is 362 g/mol. The van der Waals surface area contributed by atoms with Gasteiger partial charge in [0.15, 0.2) is 0 Å². The molecule has 0 aliphatic heterocycles. The van der Waals surface area contributed by atoms with Crippen LogP contribution >= 0.6 is 7.60 Å². The molecule has 0 saturated carbocycles. The highest BCUT2D eigenvalue weighted by Crippen LogP contribution is 2.49. The van der Waals surface area contributed by atoms with Crippen molar-refractivity contribution in [3.63, 3.8) is 0 Å². The van der Waals surface area contributed by atoms with Crippen molar-refractivity contribution in [3.05, 3.63) is 24.3 Å². The summed E-state index contributed by atoms with van der Waals surface area (Å²) in [6.07, 6.45) is 0.204. The van der Waals surface area contributed by atoms with Gasteiger partial charge in [-0.1, -0.05) is 27.0 Å². The maximum atomic E-state index is 12.6. The predicted molar refractivity (Wildman–Crippen MR) is 90.8 cm³/mol. The second-order valence-electron chi connectivity index (χ2n) is 5.69. The van der Waals surface area contributed by atoms with Crippen LogP contribution < -0.4 is 0 Å². The van der Waals surface area contributed by atoms with E-state index in [1.54, 1.807) is 0 Å².